The zero-order valence-corrected chi connectivity index (χ0v) is 9.14. The summed E-state index contributed by atoms with van der Waals surface area (Å²) in [5.74, 6) is 0.0370. The first-order chi connectivity index (χ1) is 7.19. The van der Waals surface area contributed by atoms with Crippen molar-refractivity contribution in [2.45, 2.75) is 24.8 Å². The second kappa shape index (κ2) is 3.81. The van der Waals surface area contributed by atoms with Crippen LogP contribution in [-0.2, 0) is 6.42 Å². The summed E-state index contributed by atoms with van der Waals surface area (Å²) in [6.07, 6.45) is 3.25. The molecule has 0 unspecified atom stereocenters. The van der Waals surface area contributed by atoms with Gasteiger partial charge in [-0.3, -0.25) is 0 Å². The molecule has 0 amide bonds. The molecular weight excluding hydrogens is 193 g/mol. The zero-order valence-electron chi connectivity index (χ0n) is 9.14. The third kappa shape index (κ3) is 2.12. The van der Waals surface area contributed by atoms with Crippen LogP contribution in [0.25, 0.3) is 0 Å². The lowest BCUT2D eigenvalue weighted by Crippen LogP contribution is -2.29. The highest BCUT2D eigenvalue weighted by molar-refractivity contribution is 5.31. The molecule has 0 saturated heterocycles. The Labute approximate surface area is 89.4 Å². The van der Waals surface area contributed by atoms with Crippen molar-refractivity contribution in [1.29, 1.82) is 0 Å². The van der Waals surface area contributed by atoms with Crippen molar-refractivity contribution >= 4 is 0 Å². The number of methoxy groups -OCH3 is 1. The molecule has 0 spiro atoms. The molecule has 0 bridgehead atoms. The van der Waals surface area contributed by atoms with Crippen LogP contribution in [0.15, 0.2) is 18.2 Å². The van der Waals surface area contributed by atoms with Gasteiger partial charge in [-0.05, 0) is 44.0 Å². The Hall–Kier alpha value is -1.09. The summed E-state index contributed by atoms with van der Waals surface area (Å²) >= 11 is 0. The van der Waals surface area contributed by atoms with Crippen molar-refractivity contribution < 1.29 is 9.13 Å². The molecule has 0 atom stereocenters. The highest BCUT2D eigenvalue weighted by Gasteiger charge is 2.40. The van der Waals surface area contributed by atoms with Gasteiger partial charge >= 0.3 is 0 Å². The van der Waals surface area contributed by atoms with Gasteiger partial charge in [0, 0.05) is 5.54 Å². The number of ether oxygens (including phenoxy) is 1. The largest absolute Gasteiger partial charge is 0.494 e. The number of hydrogen-bond donors (Lipinski definition) is 1. The molecule has 1 aliphatic carbocycles. The van der Waals surface area contributed by atoms with Crippen LogP contribution in [-0.4, -0.2) is 19.7 Å². The molecule has 3 heteroatoms. The van der Waals surface area contributed by atoms with Crippen LogP contribution >= 0.6 is 0 Å². The van der Waals surface area contributed by atoms with Crippen molar-refractivity contribution in [3.8, 4) is 5.75 Å². The topological polar surface area (TPSA) is 21.3 Å². The van der Waals surface area contributed by atoms with E-state index in [1.165, 1.54) is 20.0 Å². The molecule has 0 radical (unpaired) electrons. The summed E-state index contributed by atoms with van der Waals surface area (Å²) in [5, 5.41) is 3.30. The molecule has 82 valence electrons. The minimum Gasteiger partial charge on any atom is -0.494 e. The van der Waals surface area contributed by atoms with E-state index in [4.69, 9.17) is 4.74 Å². The maximum absolute atomic E-state index is 13.4. The lowest BCUT2D eigenvalue weighted by atomic mass is 10.0. The van der Waals surface area contributed by atoms with Gasteiger partial charge in [-0.25, -0.2) is 4.39 Å². The molecule has 0 heterocycles. The van der Waals surface area contributed by atoms with Gasteiger partial charge < -0.3 is 10.1 Å². The number of likely N-dealkylation sites (N-methyl/N-ethyl adjacent to an activating group) is 1. The van der Waals surface area contributed by atoms with Gasteiger partial charge in [0.05, 0.1) is 7.11 Å². The van der Waals surface area contributed by atoms with Gasteiger partial charge in [-0.1, -0.05) is 6.07 Å². The number of rotatable bonds is 4. The molecule has 1 saturated carbocycles. The Kier molecular flexibility index (Phi) is 2.65. The van der Waals surface area contributed by atoms with Gasteiger partial charge in [-0.2, -0.15) is 0 Å². The van der Waals surface area contributed by atoms with Crippen LogP contribution < -0.4 is 10.1 Å². The molecule has 15 heavy (non-hydrogen) atoms. The number of benzene rings is 1. The first kappa shape index (κ1) is 10.4. The standard InChI is InChI=1S/C12H16FNO/c1-14-12(5-6-12)8-9-3-4-11(15-2)10(13)7-9/h3-4,7,14H,5-6,8H2,1-2H3. The molecule has 1 aliphatic rings. The summed E-state index contributed by atoms with van der Waals surface area (Å²) in [6, 6.07) is 5.19. The normalized spacial score (nSPS) is 17.5. The van der Waals surface area contributed by atoms with E-state index < -0.39 is 0 Å². The van der Waals surface area contributed by atoms with Gasteiger partial charge in [-0.15, -0.1) is 0 Å². The average Bonchev–Trinajstić information content (AvgIpc) is 2.99. The summed E-state index contributed by atoms with van der Waals surface area (Å²) in [5.41, 5.74) is 1.25. The fourth-order valence-electron chi connectivity index (χ4n) is 1.88. The highest BCUT2D eigenvalue weighted by Crippen LogP contribution is 2.38. The molecule has 2 rings (SSSR count). The van der Waals surface area contributed by atoms with Gasteiger partial charge in [0.1, 0.15) is 0 Å². The Morgan fingerprint density at radius 1 is 1.47 bits per heavy atom. The van der Waals surface area contributed by atoms with E-state index in [1.807, 2.05) is 13.1 Å². The SMILES string of the molecule is CNC1(Cc2ccc(OC)c(F)c2)CC1. The summed E-state index contributed by atoms with van der Waals surface area (Å²) in [4.78, 5) is 0. The maximum atomic E-state index is 13.4. The van der Waals surface area contributed by atoms with Gasteiger partial charge in [0.15, 0.2) is 11.6 Å². The van der Waals surface area contributed by atoms with Crippen molar-refractivity contribution in [3.63, 3.8) is 0 Å². The minimum atomic E-state index is -0.276. The Morgan fingerprint density at radius 3 is 2.67 bits per heavy atom. The molecule has 1 aromatic carbocycles. The number of hydrogen-bond acceptors (Lipinski definition) is 2. The van der Waals surface area contributed by atoms with Crippen LogP contribution in [0.4, 0.5) is 4.39 Å². The molecule has 2 nitrogen and oxygen atoms in total. The predicted molar refractivity (Wildman–Crippen MR) is 57.7 cm³/mol. The number of nitrogens with one attached hydrogen (secondary N) is 1. The van der Waals surface area contributed by atoms with Crippen molar-refractivity contribution in [3.05, 3.63) is 29.6 Å². The van der Waals surface area contributed by atoms with Crippen LogP contribution in [0, 0.1) is 5.82 Å². The van der Waals surface area contributed by atoms with Crippen LogP contribution in [0.2, 0.25) is 0 Å². The van der Waals surface area contributed by atoms with Crippen molar-refractivity contribution in [2.75, 3.05) is 14.2 Å². The molecule has 1 N–H and O–H groups in total. The monoisotopic (exact) mass is 209 g/mol. The first-order valence-corrected chi connectivity index (χ1v) is 5.20. The Morgan fingerprint density at radius 2 is 2.20 bits per heavy atom. The van der Waals surface area contributed by atoms with Gasteiger partial charge in [0.25, 0.3) is 0 Å². The molecule has 0 aromatic heterocycles. The summed E-state index contributed by atoms with van der Waals surface area (Å²) < 4.78 is 18.3. The average molecular weight is 209 g/mol. The van der Waals surface area contributed by atoms with Crippen LogP contribution in [0.1, 0.15) is 18.4 Å². The molecular formula is C12H16FNO. The van der Waals surface area contributed by atoms with E-state index in [2.05, 4.69) is 5.32 Å². The zero-order chi connectivity index (χ0) is 10.9. The number of halogens is 1. The van der Waals surface area contributed by atoms with E-state index in [1.54, 1.807) is 12.1 Å². The van der Waals surface area contributed by atoms with E-state index in [0.717, 1.165) is 12.0 Å². The van der Waals surface area contributed by atoms with E-state index in [-0.39, 0.29) is 11.4 Å². The summed E-state index contributed by atoms with van der Waals surface area (Å²) in [7, 11) is 3.45. The van der Waals surface area contributed by atoms with Crippen LogP contribution in [0.5, 0.6) is 5.75 Å². The Balaban J connectivity index is 2.13. The Bertz CT molecular complexity index is 361. The molecule has 1 aromatic rings. The van der Waals surface area contributed by atoms with E-state index in [9.17, 15) is 4.39 Å². The third-order valence-electron chi connectivity index (χ3n) is 3.14. The quantitative estimate of drug-likeness (QED) is 0.820. The fourth-order valence-corrected chi connectivity index (χ4v) is 1.88. The molecule has 1 fully saturated rings. The minimum absolute atomic E-state index is 0.223. The highest BCUT2D eigenvalue weighted by atomic mass is 19.1. The third-order valence-corrected chi connectivity index (χ3v) is 3.14. The fraction of sp³-hybridized carbons (Fsp3) is 0.500. The van der Waals surface area contributed by atoms with Gasteiger partial charge in [0.2, 0.25) is 0 Å². The van der Waals surface area contributed by atoms with E-state index >= 15 is 0 Å². The maximum Gasteiger partial charge on any atom is 0.165 e. The van der Waals surface area contributed by atoms with Crippen LogP contribution in [0.3, 0.4) is 0 Å². The molecule has 0 aliphatic heterocycles. The smallest absolute Gasteiger partial charge is 0.165 e. The van der Waals surface area contributed by atoms with E-state index in [0.29, 0.717) is 5.75 Å². The second-order valence-electron chi connectivity index (χ2n) is 4.18. The predicted octanol–water partition coefficient (Wildman–Crippen LogP) is 2.13. The van der Waals surface area contributed by atoms with Crippen molar-refractivity contribution in [2.24, 2.45) is 0 Å². The summed E-state index contributed by atoms with van der Waals surface area (Å²) in [6.45, 7) is 0. The lowest BCUT2D eigenvalue weighted by Gasteiger charge is -2.14. The lowest BCUT2D eigenvalue weighted by molar-refractivity contribution is 0.386. The first-order valence-electron chi connectivity index (χ1n) is 5.20. The second-order valence-corrected chi connectivity index (χ2v) is 4.18. The van der Waals surface area contributed by atoms with Crippen molar-refractivity contribution in [1.82, 2.24) is 5.32 Å².